The Bertz CT molecular complexity index is 366. The third-order valence-corrected chi connectivity index (χ3v) is 4.09. The van der Waals surface area contributed by atoms with Crippen LogP contribution in [-0.4, -0.2) is 17.6 Å². The zero-order valence-electron chi connectivity index (χ0n) is 8.75. The van der Waals surface area contributed by atoms with Gasteiger partial charge in [-0.25, -0.2) is 4.79 Å². The quantitative estimate of drug-likeness (QED) is 0.810. The lowest BCUT2D eigenvalue weighted by Crippen LogP contribution is -2.51. The molecule has 2 rings (SSSR count). The molecule has 1 atom stereocenters. The van der Waals surface area contributed by atoms with E-state index in [1.165, 1.54) is 0 Å². The second kappa shape index (κ2) is 3.94. The highest BCUT2D eigenvalue weighted by Crippen LogP contribution is 2.35. The number of nitrogens with one attached hydrogen (secondary N) is 1. The first-order chi connectivity index (χ1) is 7.15. The number of hydrogen-bond donors (Lipinski definition) is 2. The summed E-state index contributed by atoms with van der Waals surface area (Å²) in [5, 5.41) is 12.6. The number of aryl methyl sites for hydroxylation is 1. The van der Waals surface area contributed by atoms with Crippen LogP contribution in [0.5, 0.6) is 0 Å². The topological polar surface area (TPSA) is 49.3 Å². The molecule has 82 valence electrons. The van der Waals surface area contributed by atoms with E-state index in [0.717, 1.165) is 29.1 Å². The summed E-state index contributed by atoms with van der Waals surface area (Å²) in [6, 6.07) is 3.92. The molecule has 1 unspecified atom stereocenters. The summed E-state index contributed by atoms with van der Waals surface area (Å²) < 4.78 is 0. The van der Waals surface area contributed by atoms with Crippen LogP contribution in [0.3, 0.4) is 0 Å². The van der Waals surface area contributed by atoms with Crippen LogP contribution in [0.4, 0.5) is 0 Å². The van der Waals surface area contributed by atoms with Gasteiger partial charge in [0.1, 0.15) is 0 Å². The van der Waals surface area contributed by atoms with Crippen LogP contribution in [0.15, 0.2) is 12.1 Å². The van der Waals surface area contributed by atoms with Gasteiger partial charge in [0.05, 0.1) is 0 Å². The number of hydrogen-bond acceptors (Lipinski definition) is 3. The first-order valence-electron chi connectivity index (χ1n) is 5.20. The van der Waals surface area contributed by atoms with Crippen LogP contribution >= 0.6 is 11.3 Å². The lowest BCUT2D eigenvalue weighted by atomic mass is 9.87. The van der Waals surface area contributed by atoms with Gasteiger partial charge < -0.3 is 5.11 Å². The summed E-state index contributed by atoms with van der Waals surface area (Å²) in [5.74, 6) is -0.746. The fourth-order valence-electron chi connectivity index (χ4n) is 2.07. The summed E-state index contributed by atoms with van der Waals surface area (Å²) in [5.41, 5.74) is -0.822. The second-order valence-electron chi connectivity index (χ2n) is 4.00. The van der Waals surface area contributed by atoms with Gasteiger partial charge in [-0.1, -0.05) is 0 Å². The molecule has 0 saturated carbocycles. The average molecular weight is 225 g/mol. The molecule has 1 aliphatic rings. The highest BCUT2D eigenvalue weighted by molar-refractivity contribution is 7.12. The van der Waals surface area contributed by atoms with E-state index in [1.807, 2.05) is 19.1 Å². The van der Waals surface area contributed by atoms with Gasteiger partial charge in [-0.15, -0.1) is 11.3 Å². The average Bonchev–Trinajstić information content (AvgIpc) is 2.66. The van der Waals surface area contributed by atoms with Crippen molar-refractivity contribution in [2.24, 2.45) is 0 Å². The number of carboxylic acids is 1. The maximum Gasteiger partial charge on any atom is 0.329 e. The Morgan fingerprint density at radius 3 is 2.80 bits per heavy atom. The Hall–Kier alpha value is -0.870. The van der Waals surface area contributed by atoms with Crippen molar-refractivity contribution in [1.29, 1.82) is 0 Å². The highest BCUT2D eigenvalue weighted by Gasteiger charge is 2.42. The van der Waals surface area contributed by atoms with Gasteiger partial charge in [-0.05, 0) is 44.9 Å². The maximum absolute atomic E-state index is 11.4. The Morgan fingerprint density at radius 1 is 1.53 bits per heavy atom. The standard InChI is InChI=1S/C11H15NO2S/c1-8-4-5-9(15-8)11(10(13)14)6-2-3-7-12-11/h4-5,12H,2-3,6-7H2,1H3,(H,13,14). The molecule has 1 aromatic rings. The third-order valence-electron chi connectivity index (χ3n) is 2.93. The Morgan fingerprint density at radius 2 is 2.33 bits per heavy atom. The normalized spacial score (nSPS) is 26.5. The van der Waals surface area contributed by atoms with Gasteiger partial charge in [0.15, 0.2) is 5.54 Å². The van der Waals surface area contributed by atoms with Crippen LogP contribution in [0.2, 0.25) is 0 Å². The van der Waals surface area contributed by atoms with Crippen molar-refractivity contribution in [3.63, 3.8) is 0 Å². The van der Waals surface area contributed by atoms with Crippen molar-refractivity contribution < 1.29 is 9.90 Å². The molecule has 0 aliphatic carbocycles. The molecule has 0 amide bonds. The molecule has 2 N–H and O–H groups in total. The van der Waals surface area contributed by atoms with E-state index >= 15 is 0 Å². The van der Waals surface area contributed by atoms with Gasteiger partial charge in [0.2, 0.25) is 0 Å². The van der Waals surface area contributed by atoms with Crippen LogP contribution < -0.4 is 5.32 Å². The van der Waals surface area contributed by atoms with Crippen molar-refractivity contribution >= 4 is 17.3 Å². The molecule has 0 radical (unpaired) electrons. The van der Waals surface area contributed by atoms with Crippen LogP contribution in [-0.2, 0) is 10.3 Å². The number of aliphatic carboxylic acids is 1. The van der Waals surface area contributed by atoms with Gasteiger partial charge in [0.25, 0.3) is 0 Å². The minimum atomic E-state index is -0.822. The van der Waals surface area contributed by atoms with E-state index in [1.54, 1.807) is 11.3 Å². The van der Waals surface area contributed by atoms with Crippen molar-refractivity contribution in [3.05, 3.63) is 21.9 Å². The minimum Gasteiger partial charge on any atom is -0.480 e. The molecular weight excluding hydrogens is 210 g/mol. The second-order valence-corrected chi connectivity index (χ2v) is 5.29. The van der Waals surface area contributed by atoms with Crippen LogP contribution in [0.25, 0.3) is 0 Å². The zero-order chi connectivity index (χ0) is 10.9. The Kier molecular flexibility index (Phi) is 2.80. The number of carboxylic acid groups (broad SMARTS) is 1. The van der Waals surface area contributed by atoms with Crippen molar-refractivity contribution in [1.82, 2.24) is 5.32 Å². The van der Waals surface area contributed by atoms with Gasteiger partial charge in [0, 0.05) is 9.75 Å². The summed E-state index contributed by atoms with van der Waals surface area (Å²) in [6.07, 6.45) is 2.75. The van der Waals surface area contributed by atoms with Crippen molar-refractivity contribution in [2.75, 3.05) is 6.54 Å². The zero-order valence-corrected chi connectivity index (χ0v) is 9.56. The molecule has 3 nitrogen and oxygen atoms in total. The maximum atomic E-state index is 11.4. The fraction of sp³-hybridized carbons (Fsp3) is 0.545. The number of piperidine rings is 1. The first-order valence-corrected chi connectivity index (χ1v) is 6.02. The molecule has 2 heterocycles. The summed E-state index contributed by atoms with van der Waals surface area (Å²) in [4.78, 5) is 13.5. The molecular formula is C11H15NO2S. The van der Waals surface area contributed by atoms with E-state index in [0.29, 0.717) is 6.42 Å². The Labute approximate surface area is 93.1 Å². The number of thiophene rings is 1. The lowest BCUT2D eigenvalue weighted by molar-refractivity contribution is -0.146. The Balaban J connectivity index is 2.37. The lowest BCUT2D eigenvalue weighted by Gasteiger charge is -2.33. The molecule has 1 fully saturated rings. The van der Waals surface area contributed by atoms with E-state index in [4.69, 9.17) is 0 Å². The summed E-state index contributed by atoms with van der Waals surface area (Å²) >= 11 is 1.58. The molecule has 1 aromatic heterocycles. The number of rotatable bonds is 2. The highest BCUT2D eigenvalue weighted by atomic mass is 32.1. The molecule has 15 heavy (non-hydrogen) atoms. The molecule has 0 aromatic carbocycles. The first kappa shape index (κ1) is 10.6. The van der Waals surface area contributed by atoms with E-state index in [2.05, 4.69) is 5.32 Å². The van der Waals surface area contributed by atoms with E-state index in [-0.39, 0.29) is 0 Å². The number of carbonyl (C=O) groups is 1. The summed E-state index contributed by atoms with van der Waals surface area (Å²) in [6.45, 7) is 2.80. The summed E-state index contributed by atoms with van der Waals surface area (Å²) in [7, 11) is 0. The largest absolute Gasteiger partial charge is 0.480 e. The smallest absolute Gasteiger partial charge is 0.329 e. The predicted molar refractivity (Wildman–Crippen MR) is 60.2 cm³/mol. The third kappa shape index (κ3) is 1.79. The predicted octanol–water partition coefficient (Wildman–Crippen LogP) is 2.11. The van der Waals surface area contributed by atoms with Crippen molar-refractivity contribution in [2.45, 2.75) is 31.7 Å². The van der Waals surface area contributed by atoms with Gasteiger partial charge >= 0.3 is 5.97 Å². The minimum absolute atomic E-state index is 0.697. The molecule has 0 bridgehead atoms. The fourth-order valence-corrected chi connectivity index (χ4v) is 3.12. The SMILES string of the molecule is Cc1ccc(C2(C(=O)O)CCCCN2)s1. The van der Waals surface area contributed by atoms with Gasteiger partial charge in [-0.2, -0.15) is 0 Å². The monoisotopic (exact) mass is 225 g/mol. The van der Waals surface area contributed by atoms with E-state index in [9.17, 15) is 9.90 Å². The van der Waals surface area contributed by atoms with Crippen LogP contribution in [0, 0.1) is 6.92 Å². The van der Waals surface area contributed by atoms with Crippen molar-refractivity contribution in [3.8, 4) is 0 Å². The molecule has 1 saturated heterocycles. The molecule has 4 heteroatoms. The van der Waals surface area contributed by atoms with Crippen LogP contribution in [0.1, 0.15) is 29.0 Å². The van der Waals surface area contributed by atoms with E-state index < -0.39 is 11.5 Å². The molecule has 0 spiro atoms. The molecule has 1 aliphatic heterocycles. The van der Waals surface area contributed by atoms with Gasteiger partial charge in [-0.3, -0.25) is 5.32 Å².